The van der Waals surface area contributed by atoms with Crippen molar-refractivity contribution in [2.45, 2.75) is 32.7 Å². The van der Waals surface area contributed by atoms with Gasteiger partial charge in [0.25, 0.3) is 0 Å². The number of amides is 1. The molecule has 1 aliphatic rings. The van der Waals surface area contributed by atoms with Crippen LogP contribution in [0.25, 0.3) is 0 Å². The van der Waals surface area contributed by atoms with Gasteiger partial charge in [-0.1, -0.05) is 0 Å². The van der Waals surface area contributed by atoms with Crippen LogP contribution in [0.15, 0.2) is 0 Å². The molecule has 0 saturated carbocycles. The van der Waals surface area contributed by atoms with Gasteiger partial charge in [0.05, 0.1) is 0 Å². The van der Waals surface area contributed by atoms with E-state index in [9.17, 15) is 4.79 Å². The van der Waals surface area contributed by atoms with Gasteiger partial charge >= 0.3 is 0 Å². The zero-order valence-electron chi connectivity index (χ0n) is 9.91. The summed E-state index contributed by atoms with van der Waals surface area (Å²) in [6.45, 7) is 8.30. The minimum atomic E-state index is 0.192. The molecule has 1 amide bonds. The van der Waals surface area contributed by atoms with Crippen LogP contribution in [0.1, 0.15) is 26.7 Å². The van der Waals surface area contributed by atoms with E-state index in [1.165, 1.54) is 6.42 Å². The molecule has 0 aromatic carbocycles. The van der Waals surface area contributed by atoms with Crippen molar-refractivity contribution in [2.24, 2.45) is 5.73 Å². The third kappa shape index (κ3) is 3.47. The maximum absolute atomic E-state index is 11.4. The van der Waals surface area contributed by atoms with E-state index >= 15 is 0 Å². The van der Waals surface area contributed by atoms with Crippen molar-refractivity contribution >= 4 is 5.91 Å². The Morgan fingerprint density at radius 2 is 2.33 bits per heavy atom. The highest BCUT2D eigenvalue weighted by molar-refractivity contribution is 5.73. The van der Waals surface area contributed by atoms with Crippen molar-refractivity contribution in [1.82, 2.24) is 9.80 Å². The third-order valence-electron chi connectivity index (χ3n) is 3.11. The molecule has 0 aromatic heterocycles. The van der Waals surface area contributed by atoms with Crippen LogP contribution in [0, 0.1) is 0 Å². The van der Waals surface area contributed by atoms with Crippen LogP contribution in [0.5, 0.6) is 0 Å². The molecule has 15 heavy (non-hydrogen) atoms. The van der Waals surface area contributed by atoms with Crippen LogP contribution >= 0.6 is 0 Å². The van der Waals surface area contributed by atoms with E-state index in [0.29, 0.717) is 12.6 Å². The van der Waals surface area contributed by atoms with Crippen LogP contribution in [-0.2, 0) is 4.79 Å². The Hall–Kier alpha value is -0.610. The smallest absolute Gasteiger partial charge is 0.219 e. The Morgan fingerprint density at radius 1 is 1.60 bits per heavy atom. The maximum Gasteiger partial charge on any atom is 0.219 e. The Kier molecular flexibility index (Phi) is 5.05. The normalized spacial score (nSPS) is 22.7. The zero-order chi connectivity index (χ0) is 11.3. The second-order valence-corrected chi connectivity index (χ2v) is 4.19. The predicted octanol–water partition coefficient (Wildman–Crippen LogP) is 0.278. The summed E-state index contributed by atoms with van der Waals surface area (Å²) < 4.78 is 0. The Bertz CT molecular complexity index is 206. The fraction of sp³-hybridized carbons (Fsp3) is 0.909. The van der Waals surface area contributed by atoms with Gasteiger partial charge in [0.15, 0.2) is 0 Å². The number of carbonyl (C=O) groups excluding carboxylic acids is 1. The summed E-state index contributed by atoms with van der Waals surface area (Å²) in [4.78, 5) is 15.8. The molecule has 0 spiro atoms. The average Bonchev–Trinajstić information content (AvgIpc) is 2.19. The second kappa shape index (κ2) is 6.08. The summed E-state index contributed by atoms with van der Waals surface area (Å²) in [6.07, 6.45) is 2.31. The topological polar surface area (TPSA) is 49.6 Å². The van der Waals surface area contributed by atoms with Crippen molar-refractivity contribution in [3.8, 4) is 0 Å². The highest BCUT2D eigenvalue weighted by atomic mass is 16.2. The Balaban J connectivity index is 2.50. The largest absolute Gasteiger partial charge is 0.339 e. The molecule has 1 fully saturated rings. The average molecular weight is 213 g/mol. The number of rotatable bonds is 4. The molecular formula is C11H23N3O. The van der Waals surface area contributed by atoms with E-state index < -0.39 is 0 Å². The molecular weight excluding hydrogens is 190 g/mol. The van der Waals surface area contributed by atoms with Gasteiger partial charge in [-0.2, -0.15) is 0 Å². The molecule has 4 nitrogen and oxygen atoms in total. The highest BCUT2D eigenvalue weighted by Crippen LogP contribution is 2.15. The molecule has 0 aromatic rings. The summed E-state index contributed by atoms with van der Waals surface area (Å²) in [7, 11) is 0. The second-order valence-electron chi connectivity index (χ2n) is 4.19. The predicted molar refractivity (Wildman–Crippen MR) is 61.6 cm³/mol. The van der Waals surface area contributed by atoms with Crippen molar-refractivity contribution in [3.05, 3.63) is 0 Å². The van der Waals surface area contributed by atoms with E-state index in [1.54, 1.807) is 6.92 Å². The van der Waals surface area contributed by atoms with Crippen molar-refractivity contribution in [1.29, 1.82) is 0 Å². The van der Waals surface area contributed by atoms with E-state index in [-0.39, 0.29) is 5.91 Å². The lowest BCUT2D eigenvalue weighted by Gasteiger charge is -2.38. The Labute approximate surface area is 92.4 Å². The highest BCUT2D eigenvalue weighted by Gasteiger charge is 2.25. The number of nitrogens with two attached hydrogens (primary N) is 1. The summed E-state index contributed by atoms with van der Waals surface area (Å²) in [6, 6.07) is 0.396. The van der Waals surface area contributed by atoms with Crippen LogP contribution in [0.4, 0.5) is 0 Å². The van der Waals surface area contributed by atoms with Crippen molar-refractivity contribution in [2.75, 3.05) is 32.7 Å². The molecule has 1 rings (SSSR count). The van der Waals surface area contributed by atoms with E-state index in [1.807, 2.05) is 11.8 Å². The summed E-state index contributed by atoms with van der Waals surface area (Å²) in [5.41, 5.74) is 5.55. The van der Waals surface area contributed by atoms with Crippen LogP contribution in [0.2, 0.25) is 0 Å². The monoisotopic (exact) mass is 213 g/mol. The summed E-state index contributed by atoms with van der Waals surface area (Å²) >= 11 is 0. The summed E-state index contributed by atoms with van der Waals surface area (Å²) in [5, 5.41) is 0. The molecule has 4 heteroatoms. The van der Waals surface area contributed by atoms with Crippen molar-refractivity contribution < 1.29 is 4.79 Å². The van der Waals surface area contributed by atoms with E-state index in [0.717, 1.165) is 32.6 Å². The molecule has 88 valence electrons. The van der Waals surface area contributed by atoms with Crippen LogP contribution < -0.4 is 5.73 Å². The molecule has 0 radical (unpaired) electrons. The number of hydrogen-bond acceptors (Lipinski definition) is 3. The van der Waals surface area contributed by atoms with Crippen molar-refractivity contribution in [3.63, 3.8) is 0 Å². The minimum Gasteiger partial charge on any atom is -0.339 e. The fourth-order valence-corrected chi connectivity index (χ4v) is 2.41. The number of nitrogens with zero attached hydrogens (tertiary/aromatic N) is 2. The molecule has 0 aliphatic carbocycles. The quantitative estimate of drug-likeness (QED) is 0.729. The van der Waals surface area contributed by atoms with Gasteiger partial charge in [-0.15, -0.1) is 0 Å². The lowest BCUT2D eigenvalue weighted by atomic mass is 10.0. The minimum absolute atomic E-state index is 0.192. The fourth-order valence-electron chi connectivity index (χ4n) is 2.41. The van der Waals surface area contributed by atoms with Crippen LogP contribution in [-0.4, -0.2) is 54.5 Å². The van der Waals surface area contributed by atoms with Gasteiger partial charge in [0.1, 0.15) is 0 Å². The molecule has 0 unspecified atom stereocenters. The van der Waals surface area contributed by atoms with Gasteiger partial charge in [-0.25, -0.2) is 0 Å². The first-order valence-electron chi connectivity index (χ1n) is 5.88. The van der Waals surface area contributed by atoms with E-state index in [2.05, 4.69) is 4.90 Å². The number of carbonyl (C=O) groups is 1. The summed E-state index contributed by atoms with van der Waals surface area (Å²) in [5.74, 6) is 0.192. The lowest BCUT2D eigenvalue weighted by Crippen LogP contribution is -2.50. The standard InChI is InChI=1S/C11H23N3O/c1-3-14(10(2)15)11-5-4-7-13(9-11)8-6-12/h11H,3-9,12H2,1-2H3/t11-/m0/s1. The third-order valence-corrected chi connectivity index (χ3v) is 3.11. The van der Waals surface area contributed by atoms with Gasteiger partial charge in [-0.3, -0.25) is 4.79 Å². The number of piperidine rings is 1. The first kappa shape index (κ1) is 12.5. The van der Waals surface area contributed by atoms with Gasteiger partial charge in [0, 0.05) is 39.1 Å². The molecule has 1 heterocycles. The van der Waals surface area contributed by atoms with Crippen LogP contribution in [0.3, 0.4) is 0 Å². The first-order chi connectivity index (χ1) is 7.19. The lowest BCUT2D eigenvalue weighted by molar-refractivity contribution is -0.132. The zero-order valence-corrected chi connectivity index (χ0v) is 9.91. The van der Waals surface area contributed by atoms with Gasteiger partial charge in [-0.05, 0) is 26.3 Å². The molecule has 2 N–H and O–H groups in total. The molecule has 1 aliphatic heterocycles. The molecule has 1 saturated heterocycles. The van der Waals surface area contributed by atoms with Gasteiger partial charge in [0.2, 0.25) is 5.91 Å². The molecule has 1 atom stereocenters. The molecule has 0 bridgehead atoms. The van der Waals surface area contributed by atoms with Gasteiger partial charge < -0.3 is 15.5 Å². The SMILES string of the molecule is CCN(C(C)=O)[C@H]1CCCN(CCN)C1. The Morgan fingerprint density at radius 3 is 2.87 bits per heavy atom. The van der Waals surface area contributed by atoms with E-state index in [4.69, 9.17) is 5.73 Å². The first-order valence-corrected chi connectivity index (χ1v) is 5.88. The number of likely N-dealkylation sites (tertiary alicyclic amines) is 1. The maximum atomic E-state index is 11.4. The number of likely N-dealkylation sites (N-methyl/N-ethyl adjacent to an activating group) is 1. The number of hydrogen-bond donors (Lipinski definition) is 1.